The van der Waals surface area contributed by atoms with Gasteiger partial charge >= 0.3 is 5.97 Å². The molecule has 0 aliphatic rings. The number of thiazole rings is 1. The van der Waals surface area contributed by atoms with Crippen LogP contribution in [0.1, 0.15) is 11.6 Å². The minimum Gasteiger partial charge on any atom is -0.468 e. The molecule has 0 spiro atoms. The quantitative estimate of drug-likeness (QED) is 0.736. The number of nitrogens with two attached hydrogens (primary N) is 2. The second-order valence-electron chi connectivity index (χ2n) is 3.13. The Bertz CT molecular complexity index is 539. The minimum atomic E-state index is -0.860. The van der Waals surface area contributed by atoms with Gasteiger partial charge in [-0.15, -0.1) is 11.3 Å². The average Bonchev–Trinajstić information content (AvgIpc) is 2.77. The summed E-state index contributed by atoms with van der Waals surface area (Å²) in [6.45, 7) is 0. The van der Waals surface area contributed by atoms with Crippen LogP contribution < -0.4 is 11.5 Å². The molecule has 0 fully saturated rings. The summed E-state index contributed by atoms with van der Waals surface area (Å²) >= 11 is 1.37. The highest BCUT2D eigenvalue weighted by Gasteiger charge is 2.21. The van der Waals surface area contributed by atoms with Crippen LogP contribution in [0, 0.1) is 0 Å². The maximum Gasteiger partial charge on any atom is 0.327 e. The normalized spacial score (nSPS) is 12.6. The summed E-state index contributed by atoms with van der Waals surface area (Å²) in [5.74, 6) is -0.182. The summed E-state index contributed by atoms with van der Waals surface area (Å²) in [6, 6.07) is -0.860. The van der Waals surface area contributed by atoms with Gasteiger partial charge in [-0.3, -0.25) is 4.79 Å². The lowest BCUT2D eigenvalue weighted by Crippen LogP contribution is -2.23. The van der Waals surface area contributed by atoms with Gasteiger partial charge in [0, 0.05) is 11.8 Å². The van der Waals surface area contributed by atoms with E-state index < -0.39 is 12.0 Å². The maximum absolute atomic E-state index is 11.3. The number of hydrogen-bond acceptors (Lipinski definition) is 7. The molecule has 4 N–H and O–H groups in total. The van der Waals surface area contributed by atoms with Gasteiger partial charge in [0.25, 0.3) is 0 Å². The molecule has 0 amide bonds. The van der Waals surface area contributed by atoms with Crippen molar-refractivity contribution in [2.75, 3.05) is 12.8 Å². The Balaban J connectivity index is 2.57. The van der Waals surface area contributed by atoms with Crippen molar-refractivity contribution < 1.29 is 9.53 Å². The van der Waals surface area contributed by atoms with Gasteiger partial charge in [0.15, 0.2) is 5.82 Å². The molecule has 0 unspecified atom stereocenters. The molecule has 0 saturated heterocycles. The van der Waals surface area contributed by atoms with Crippen molar-refractivity contribution in [2.45, 2.75) is 6.04 Å². The maximum atomic E-state index is 11.3. The Labute approximate surface area is 95.2 Å². The van der Waals surface area contributed by atoms with Crippen LogP contribution >= 0.6 is 11.3 Å². The van der Waals surface area contributed by atoms with E-state index in [2.05, 4.69) is 14.7 Å². The number of carbonyl (C=O) groups excluding carboxylic acids is 1. The molecule has 7 heteroatoms. The Kier molecular flexibility index (Phi) is 2.71. The highest BCUT2D eigenvalue weighted by molar-refractivity contribution is 7.17. The minimum absolute atomic E-state index is 0.331. The third-order valence-electron chi connectivity index (χ3n) is 2.21. The number of esters is 1. The number of nitrogen functional groups attached to an aromatic ring is 1. The Hall–Kier alpha value is -1.73. The Morgan fingerprint density at radius 2 is 2.31 bits per heavy atom. The van der Waals surface area contributed by atoms with Crippen LogP contribution in [0.4, 0.5) is 5.82 Å². The van der Waals surface area contributed by atoms with E-state index >= 15 is 0 Å². The van der Waals surface area contributed by atoms with Gasteiger partial charge in [-0.25, -0.2) is 9.97 Å². The number of fused-ring (bicyclic) bond motifs is 1. The van der Waals surface area contributed by atoms with Crippen molar-refractivity contribution in [3.8, 4) is 0 Å². The van der Waals surface area contributed by atoms with Gasteiger partial charge in [0.2, 0.25) is 0 Å². The first-order valence-electron chi connectivity index (χ1n) is 4.46. The molecule has 2 rings (SSSR count). The first kappa shape index (κ1) is 10.8. The van der Waals surface area contributed by atoms with Gasteiger partial charge in [-0.1, -0.05) is 0 Å². The Morgan fingerprint density at radius 1 is 1.56 bits per heavy atom. The molecule has 1 atom stereocenters. The highest BCUT2D eigenvalue weighted by atomic mass is 32.1. The molecule has 2 aromatic heterocycles. The molecule has 0 saturated carbocycles. The van der Waals surface area contributed by atoms with Gasteiger partial charge in [-0.2, -0.15) is 0 Å². The molecule has 16 heavy (non-hydrogen) atoms. The summed E-state index contributed by atoms with van der Waals surface area (Å²) < 4.78 is 5.35. The van der Waals surface area contributed by atoms with E-state index in [4.69, 9.17) is 11.5 Å². The van der Waals surface area contributed by atoms with Crippen LogP contribution in [0.5, 0.6) is 0 Å². The number of rotatable bonds is 2. The predicted molar refractivity (Wildman–Crippen MR) is 60.8 cm³/mol. The van der Waals surface area contributed by atoms with Crippen molar-refractivity contribution in [2.24, 2.45) is 5.73 Å². The topological polar surface area (TPSA) is 104 Å². The largest absolute Gasteiger partial charge is 0.468 e. The van der Waals surface area contributed by atoms with E-state index in [1.54, 1.807) is 5.51 Å². The van der Waals surface area contributed by atoms with Crippen LogP contribution in [-0.2, 0) is 9.53 Å². The van der Waals surface area contributed by atoms with Crippen LogP contribution in [0.25, 0.3) is 10.2 Å². The SMILES string of the molecule is COC(=O)[C@H](N)c1cnc(N)c2ncsc12. The molecular weight excluding hydrogens is 228 g/mol. The smallest absolute Gasteiger partial charge is 0.327 e. The van der Waals surface area contributed by atoms with Crippen molar-refractivity contribution in [3.05, 3.63) is 17.3 Å². The number of nitrogens with zero attached hydrogens (tertiary/aromatic N) is 2. The van der Waals surface area contributed by atoms with E-state index in [0.29, 0.717) is 16.9 Å². The number of aromatic nitrogens is 2. The molecule has 6 nitrogen and oxygen atoms in total. The van der Waals surface area contributed by atoms with E-state index in [1.807, 2.05) is 0 Å². The summed E-state index contributed by atoms with van der Waals surface area (Å²) in [4.78, 5) is 19.4. The number of anilines is 1. The molecule has 2 heterocycles. The van der Waals surface area contributed by atoms with Crippen molar-refractivity contribution in [3.63, 3.8) is 0 Å². The first-order chi connectivity index (χ1) is 7.65. The van der Waals surface area contributed by atoms with E-state index in [1.165, 1.54) is 24.6 Å². The third kappa shape index (κ3) is 1.59. The van der Waals surface area contributed by atoms with E-state index in [9.17, 15) is 4.79 Å². The summed E-state index contributed by atoms with van der Waals surface area (Å²) in [6.07, 6.45) is 1.48. The number of carbonyl (C=O) groups is 1. The molecule has 0 radical (unpaired) electrons. The fourth-order valence-electron chi connectivity index (χ4n) is 1.37. The van der Waals surface area contributed by atoms with Crippen molar-refractivity contribution in [1.29, 1.82) is 0 Å². The van der Waals surface area contributed by atoms with Crippen LogP contribution in [0.2, 0.25) is 0 Å². The molecule has 0 aliphatic heterocycles. The molecule has 0 bridgehead atoms. The zero-order chi connectivity index (χ0) is 11.7. The number of hydrogen-bond donors (Lipinski definition) is 2. The summed E-state index contributed by atoms with van der Waals surface area (Å²) in [7, 11) is 1.29. The summed E-state index contributed by atoms with van der Waals surface area (Å²) in [5.41, 5.74) is 14.2. The summed E-state index contributed by atoms with van der Waals surface area (Å²) in [5, 5.41) is 0. The standard InChI is InChI=1S/C9H10N4O2S/c1-15-9(14)5(10)4-2-12-8(11)6-7(4)16-3-13-6/h2-3,5H,10H2,1H3,(H2,11,12)/t5-/m1/s1. The average molecular weight is 238 g/mol. The molecular formula is C9H10N4O2S. The Morgan fingerprint density at radius 3 is 3.00 bits per heavy atom. The van der Waals surface area contributed by atoms with Crippen LogP contribution in [0.3, 0.4) is 0 Å². The molecule has 0 aromatic carbocycles. The molecule has 84 valence electrons. The zero-order valence-corrected chi connectivity index (χ0v) is 9.32. The van der Waals surface area contributed by atoms with E-state index in [0.717, 1.165) is 4.70 Å². The lowest BCUT2D eigenvalue weighted by atomic mass is 10.1. The van der Waals surface area contributed by atoms with Gasteiger partial charge < -0.3 is 16.2 Å². The fourth-order valence-corrected chi connectivity index (χ4v) is 2.22. The highest BCUT2D eigenvalue weighted by Crippen LogP contribution is 2.28. The lowest BCUT2D eigenvalue weighted by Gasteiger charge is -2.10. The first-order valence-corrected chi connectivity index (χ1v) is 5.34. The van der Waals surface area contributed by atoms with Crippen molar-refractivity contribution >= 4 is 33.3 Å². The monoisotopic (exact) mass is 238 g/mol. The van der Waals surface area contributed by atoms with E-state index in [-0.39, 0.29) is 0 Å². The van der Waals surface area contributed by atoms with Crippen molar-refractivity contribution in [1.82, 2.24) is 9.97 Å². The second-order valence-corrected chi connectivity index (χ2v) is 3.98. The zero-order valence-electron chi connectivity index (χ0n) is 8.51. The molecule has 0 aliphatic carbocycles. The molecule has 2 aromatic rings. The lowest BCUT2D eigenvalue weighted by molar-refractivity contribution is -0.142. The second kappa shape index (κ2) is 4.03. The van der Waals surface area contributed by atoms with Gasteiger partial charge in [0.05, 0.1) is 17.3 Å². The van der Waals surface area contributed by atoms with Gasteiger partial charge in [-0.05, 0) is 0 Å². The fraction of sp³-hybridized carbons (Fsp3) is 0.222. The predicted octanol–water partition coefficient (Wildman–Crippen LogP) is 0.446. The number of pyridine rings is 1. The van der Waals surface area contributed by atoms with Gasteiger partial charge in [0.1, 0.15) is 11.6 Å². The number of ether oxygens (including phenoxy) is 1. The third-order valence-corrected chi connectivity index (χ3v) is 3.08. The number of methoxy groups -OCH3 is 1. The van der Waals surface area contributed by atoms with Crippen LogP contribution in [0.15, 0.2) is 11.7 Å². The van der Waals surface area contributed by atoms with Crippen LogP contribution in [-0.4, -0.2) is 23.0 Å².